The Bertz CT molecular complexity index is 1150. The van der Waals surface area contributed by atoms with Crippen molar-refractivity contribution in [2.75, 3.05) is 0 Å². The van der Waals surface area contributed by atoms with Crippen LogP contribution in [0.15, 0.2) is 44.4 Å². The van der Waals surface area contributed by atoms with Gasteiger partial charge in [0, 0.05) is 10.4 Å². The number of fused-ring (bicyclic) bond motifs is 1. The third kappa shape index (κ3) is 4.00. The van der Waals surface area contributed by atoms with Crippen LogP contribution in [0.1, 0.15) is 35.2 Å². The first-order chi connectivity index (χ1) is 14.1. The molecule has 1 atom stereocenters. The van der Waals surface area contributed by atoms with Crippen LogP contribution in [0.3, 0.4) is 0 Å². The number of hydrogen-bond acceptors (Lipinski definition) is 8. The summed E-state index contributed by atoms with van der Waals surface area (Å²) in [5.74, 6) is 2.88. The van der Waals surface area contributed by atoms with E-state index in [9.17, 15) is 0 Å². The molecule has 1 aliphatic rings. The highest BCUT2D eigenvalue weighted by Crippen LogP contribution is 2.37. The van der Waals surface area contributed by atoms with Gasteiger partial charge < -0.3 is 8.83 Å². The fourth-order valence-corrected chi connectivity index (χ4v) is 5.24. The molecule has 1 unspecified atom stereocenters. The summed E-state index contributed by atoms with van der Waals surface area (Å²) >= 11 is 3.18. The van der Waals surface area contributed by atoms with Gasteiger partial charge in [0.15, 0.2) is 0 Å². The molecule has 0 fully saturated rings. The van der Waals surface area contributed by atoms with Crippen LogP contribution in [0.5, 0.6) is 0 Å². The Morgan fingerprint density at radius 2 is 2.00 bits per heavy atom. The van der Waals surface area contributed by atoms with E-state index in [1.54, 1.807) is 11.3 Å². The Kier molecular flexibility index (Phi) is 4.97. The average Bonchev–Trinajstić information content (AvgIpc) is 3.45. The molecule has 29 heavy (non-hydrogen) atoms. The van der Waals surface area contributed by atoms with Crippen LogP contribution in [-0.4, -0.2) is 20.4 Å². The number of aryl methyl sites for hydroxylation is 2. The van der Waals surface area contributed by atoms with E-state index in [0.717, 1.165) is 34.8 Å². The number of hydrogen-bond donors (Lipinski definition) is 0. The minimum absolute atomic E-state index is 0.485. The molecule has 8 heteroatoms. The minimum atomic E-state index is 0.485. The van der Waals surface area contributed by atoms with Gasteiger partial charge >= 0.3 is 0 Å². The molecule has 6 nitrogen and oxygen atoms in total. The van der Waals surface area contributed by atoms with E-state index < -0.39 is 0 Å². The van der Waals surface area contributed by atoms with Crippen molar-refractivity contribution in [3.63, 3.8) is 0 Å². The predicted octanol–water partition coefficient (Wildman–Crippen LogP) is 5.57. The van der Waals surface area contributed by atoms with Gasteiger partial charge in [-0.2, -0.15) is 0 Å². The van der Waals surface area contributed by atoms with E-state index in [1.807, 2.05) is 31.2 Å². The molecule has 0 N–H and O–H groups in total. The van der Waals surface area contributed by atoms with Crippen molar-refractivity contribution in [2.24, 2.45) is 5.92 Å². The van der Waals surface area contributed by atoms with Crippen molar-refractivity contribution < 1.29 is 8.83 Å². The Morgan fingerprint density at radius 3 is 2.90 bits per heavy atom. The summed E-state index contributed by atoms with van der Waals surface area (Å²) in [7, 11) is 0. The highest BCUT2D eigenvalue weighted by Gasteiger charge is 2.21. The average molecular weight is 425 g/mol. The number of aromatic nitrogens is 4. The van der Waals surface area contributed by atoms with Gasteiger partial charge in [-0.25, -0.2) is 0 Å². The first-order valence-corrected chi connectivity index (χ1v) is 11.4. The number of benzene rings is 1. The lowest BCUT2D eigenvalue weighted by Gasteiger charge is -2.16. The van der Waals surface area contributed by atoms with Crippen LogP contribution >= 0.6 is 23.1 Å². The van der Waals surface area contributed by atoms with Crippen LogP contribution in [0.25, 0.3) is 22.2 Å². The second-order valence-corrected chi connectivity index (χ2v) is 9.50. The molecule has 5 rings (SSSR count). The Labute approximate surface area is 176 Å². The second-order valence-electron chi connectivity index (χ2n) is 7.44. The quantitative estimate of drug-likeness (QED) is 0.387. The van der Waals surface area contributed by atoms with Gasteiger partial charge in [0.2, 0.25) is 11.8 Å². The number of nitrogens with zero attached hydrogens (tertiary/aromatic N) is 4. The van der Waals surface area contributed by atoms with Gasteiger partial charge in [0.1, 0.15) is 0 Å². The lowest BCUT2D eigenvalue weighted by molar-refractivity contribution is 0.465. The molecule has 0 bridgehead atoms. The SMILES string of the molecule is Cc1cccc(-c2nnc(CSc3nnc(-c4cc5c(s4)CCC(C)C5)o3)o2)c1. The molecule has 0 saturated heterocycles. The number of thiophene rings is 1. The summed E-state index contributed by atoms with van der Waals surface area (Å²) in [5, 5.41) is 17.2. The summed E-state index contributed by atoms with van der Waals surface area (Å²) in [4.78, 5) is 2.52. The smallest absolute Gasteiger partial charge is 0.277 e. The first-order valence-electron chi connectivity index (χ1n) is 9.62. The van der Waals surface area contributed by atoms with Gasteiger partial charge in [-0.05, 0) is 55.9 Å². The Balaban J connectivity index is 1.26. The molecule has 0 radical (unpaired) electrons. The van der Waals surface area contributed by atoms with E-state index >= 15 is 0 Å². The zero-order valence-electron chi connectivity index (χ0n) is 16.2. The molecular formula is C21H20N4O2S2. The van der Waals surface area contributed by atoms with Crippen molar-refractivity contribution in [1.29, 1.82) is 0 Å². The summed E-state index contributed by atoms with van der Waals surface area (Å²) in [6.45, 7) is 4.35. The number of rotatable bonds is 5. The molecule has 148 valence electrons. The van der Waals surface area contributed by atoms with Crippen LogP contribution in [-0.2, 0) is 18.6 Å². The third-order valence-electron chi connectivity index (χ3n) is 5.00. The van der Waals surface area contributed by atoms with Crippen molar-refractivity contribution >= 4 is 23.1 Å². The molecule has 1 aliphatic carbocycles. The fourth-order valence-electron chi connectivity index (χ4n) is 3.51. The lowest BCUT2D eigenvalue weighted by atomic mass is 9.90. The molecule has 0 saturated carbocycles. The van der Waals surface area contributed by atoms with Gasteiger partial charge in [0.25, 0.3) is 11.1 Å². The van der Waals surface area contributed by atoms with E-state index in [1.165, 1.54) is 28.6 Å². The summed E-state index contributed by atoms with van der Waals surface area (Å²) in [6.07, 6.45) is 3.55. The van der Waals surface area contributed by atoms with Gasteiger partial charge in [-0.1, -0.05) is 36.4 Å². The minimum Gasteiger partial charge on any atom is -0.420 e. The normalized spacial score (nSPS) is 16.1. The zero-order valence-corrected chi connectivity index (χ0v) is 17.8. The monoisotopic (exact) mass is 424 g/mol. The standard InChI is InChI=1S/C21H20N4O2S2/c1-12-4-3-5-14(8-12)19-23-22-18(26-19)11-28-21-25-24-20(27-21)17-10-15-9-13(2)6-7-16(15)29-17/h3-5,8,10,13H,6-7,9,11H2,1-2H3. The van der Waals surface area contributed by atoms with E-state index in [-0.39, 0.29) is 0 Å². The van der Waals surface area contributed by atoms with E-state index in [4.69, 9.17) is 8.83 Å². The van der Waals surface area contributed by atoms with Crippen LogP contribution in [0.4, 0.5) is 0 Å². The van der Waals surface area contributed by atoms with Crippen LogP contribution in [0.2, 0.25) is 0 Å². The molecule has 1 aromatic carbocycles. The predicted molar refractivity (Wildman–Crippen MR) is 113 cm³/mol. The summed E-state index contributed by atoms with van der Waals surface area (Å²) < 4.78 is 11.6. The maximum atomic E-state index is 5.86. The van der Waals surface area contributed by atoms with Crippen molar-refractivity contribution in [3.05, 3.63) is 52.2 Å². The molecule has 0 amide bonds. The highest BCUT2D eigenvalue weighted by atomic mass is 32.2. The van der Waals surface area contributed by atoms with Crippen LogP contribution in [0, 0.1) is 12.8 Å². The largest absolute Gasteiger partial charge is 0.420 e. The van der Waals surface area contributed by atoms with E-state index in [2.05, 4.69) is 33.4 Å². The molecule has 0 spiro atoms. The third-order valence-corrected chi connectivity index (χ3v) is 7.03. The van der Waals surface area contributed by atoms with E-state index in [0.29, 0.717) is 28.6 Å². The van der Waals surface area contributed by atoms with Crippen LogP contribution < -0.4 is 0 Å². The zero-order chi connectivity index (χ0) is 19.8. The van der Waals surface area contributed by atoms with Crippen molar-refractivity contribution in [3.8, 4) is 22.2 Å². The summed E-state index contributed by atoms with van der Waals surface area (Å²) in [6, 6.07) is 10.2. The molecule has 4 aromatic rings. The lowest BCUT2D eigenvalue weighted by Crippen LogP contribution is -2.07. The molecule has 3 heterocycles. The molecule has 0 aliphatic heterocycles. The van der Waals surface area contributed by atoms with Crippen molar-refractivity contribution in [2.45, 2.75) is 44.1 Å². The highest BCUT2D eigenvalue weighted by molar-refractivity contribution is 7.98. The second kappa shape index (κ2) is 7.76. The topological polar surface area (TPSA) is 77.8 Å². The van der Waals surface area contributed by atoms with Gasteiger partial charge in [-0.15, -0.1) is 31.7 Å². The van der Waals surface area contributed by atoms with Gasteiger partial charge in [0.05, 0.1) is 10.6 Å². The first kappa shape index (κ1) is 18.6. The fraction of sp³-hybridized carbons (Fsp3) is 0.333. The molecule has 3 aromatic heterocycles. The Hall–Kier alpha value is -2.45. The number of thioether (sulfide) groups is 1. The molecular weight excluding hydrogens is 404 g/mol. The van der Waals surface area contributed by atoms with Gasteiger partial charge in [-0.3, -0.25) is 0 Å². The maximum absolute atomic E-state index is 5.86. The Morgan fingerprint density at radius 1 is 1.10 bits per heavy atom. The summed E-state index contributed by atoms with van der Waals surface area (Å²) in [5.41, 5.74) is 3.51. The maximum Gasteiger partial charge on any atom is 0.277 e. The van der Waals surface area contributed by atoms with Crippen molar-refractivity contribution in [1.82, 2.24) is 20.4 Å².